The Balaban J connectivity index is 1.88. The van der Waals surface area contributed by atoms with Gasteiger partial charge < -0.3 is 9.52 Å². The van der Waals surface area contributed by atoms with Crippen LogP contribution in [0.3, 0.4) is 0 Å². The van der Waals surface area contributed by atoms with Gasteiger partial charge in [-0.25, -0.2) is 4.98 Å². The molecule has 132 valence electrons. The van der Waals surface area contributed by atoms with Crippen molar-refractivity contribution in [2.45, 2.75) is 19.9 Å². The number of rotatable bonds is 4. The van der Waals surface area contributed by atoms with Crippen molar-refractivity contribution in [2.24, 2.45) is 5.92 Å². The molecular weight excluding hydrogens is 352 g/mol. The minimum atomic E-state index is -0.826. The highest BCUT2D eigenvalue weighted by atomic mass is 32.1. The summed E-state index contributed by atoms with van der Waals surface area (Å²) >= 11 is 1.33. The number of anilines is 1. The third-order valence-corrected chi connectivity index (χ3v) is 5.34. The molecular formula is C19H16N2O4S. The highest BCUT2D eigenvalue weighted by molar-refractivity contribution is 7.22. The molecule has 0 saturated heterocycles. The number of hydrogen-bond acceptors (Lipinski definition) is 6. The van der Waals surface area contributed by atoms with E-state index < -0.39 is 17.7 Å². The molecule has 1 unspecified atom stereocenters. The lowest BCUT2D eigenvalue weighted by Gasteiger charge is -2.22. The van der Waals surface area contributed by atoms with Crippen LogP contribution in [0.5, 0.6) is 0 Å². The Morgan fingerprint density at radius 2 is 2.04 bits per heavy atom. The molecule has 0 fully saturated rings. The molecule has 1 amide bonds. The Morgan fingerprint density at radius 3 is 2.69 bits per heavy atom. The van der Waals surface area contributed by atoms with Crippen molar-refractivity contribution < 1.29 is 19.1 Å². The number of Topliss-reactive ketones (excluding diaryl/α,β-unsaturated/α-hetero) is 1. The van der Waals surface area contributed by atoms with Crippen LogP contribution in [0.2, 0.25) is 0 Å². The Bertz CT molecular complexity index is 1000. The average molecular weight is 368 g/mol. The maximum absolute atomic E-state index is 12.8. The fraction of sp³-hybridized carbons (Fsp3) is 0.211. The van der Waals surface area contributed by atoms with Gasteiger partial charge in [0.15, 0.2) is 16.7 Å². The van der Waals surface area contributed by atoms with Crippen molar-refractivity contribution >= 4 is 38.4 Å². The molecule has 3 heterocycles. The van der Waals surface area contributed by atoms with Gasteiger partial charge in [0.25, 0.3) is 5.91 Å². The second-order valence-electron chi connectivity index (χ2n) is 6.34. The van der Waals surface area contributed by atoms with Crippen LogP contribution in [0.25, 0.3) is 10.2 Å². The number of hydrogen-bond donors (Lipinski definition) is 1. The number of carbonyl (C=O) groups is 2. The lowest BCUT2D eigenvalue weighted by atomic mass is 9.94. The number of carbonyl (C=O) groups excluding carboxylic acids is 2. The van der Waals surface area contributed by atoms with E-state index >= 15 is 0 Å². The average Bonchev–Trinajstić information content (AvgIpc) is 3.33. The van der Waals surface area contributed by atoms with Crippen molar-refractivity contribution in [1.29, 1.82) is 0 Å². The maximum Gasteiger partial charge on any atom is 0.296 e. The van der Waals surface area contributed by atoms with Crippen molar-refractivity contribution in [2.75, 3.05) is 4.90 Å². The van der Waals surface area contributed by atoms with E-state index in [0.717, 1.165) is 10.2 Å². The summed E-state index contributed by atoms with van der Waals surface area (Å²) in [5.41, 5.74) is 0.806. The predicted octanol–water partition coefficient (Wildman–Crippen LogP) is 4.01. The first-order valence-corrected chi connectivity index (χ1v) is 9.00. The molecule has 0 spiro atoms. The summed E-state index contributed by atoms with van der Waals surface area (Å²) < 4.78 is 6.40. The summed E-state index contributed by atoms with van der Waals surface area (Å²) in [6.07, 6.45) is 1.48. The van der Waals surface area contributed by atoms with Gasteiger partial charge in [-0.05, 0) is 24.3 Å². The normalized spacial score (nSPS) is 17.7. The van der Waals surface area contributed by atoms with E-state index in [1.165, 1.54) is 22.5 Å². The Morgan fingerprint density at radius 1 is 1.27 bits per heavy atom. The van der Waals surface area contributed by atoms with Gasteiger partial charge in [-0.3, -0.25) is 14.5 Å². The van der Waals surface area contributed by atoms with Crippen LogP contribution in [0.15, 0.2) is 58.4 Å². The summed E-state index contributed by atoms with van der Waals surface area (Å²) in [7, 11) is 0. The summed E-state index contributed by atoms with van der Waals surface area (Å²) in [6, 6.07) is 10.1. The second-order valence-corrected chi connectivity index (χ2v) is 7.35. The lowest BCUT2D eigenvalue weighted by Crippen LogP contribution is -2.31. The molecule has 4 rings (SSSR count). The van der Waals surface area contributed by atoms with Crippen molar-refractivity contribution in [3.8, 4) is 0 Å². The van der Waals surface area contributed by atoms with Gasteiger partial charge in [0.05, 0.1) is 22.1 Å². The van der Waals surface area contributed by atoms with Gasteiger partial charge >= 0.3 is 0 Å². The largest absolute Gasteiger partial charge is 0.503 e. The number of fused-ring (bicyclic) bond motifs is 1. The zero-order valence-electron chi connectivity index (χ0n) is 14.2. The molecule has 3 aromatic rings. The number of aromatic nitrogens is 1. The van der Waals surface area contributed by atoms with E-state index in [4.69, 9.17) is 4.42 Å². The van der Waals surface area contributed by atoms with Crippen molar-refractivity contribution in [3.63, 3.8) is 0 Å². The van der Waals surface area contributed by atoms with E-state index in [9.17, 15) is 14.7 Å². The van der Waals surface area contributed by atoms with E-state index in [2.05, 4.69) is 4.98 Å². The number of ketones is 1. The number of para-hydroxylation sites is 1. The van der Waals surface area contributed by atoms with Gasteiger partial charge in [0.2, 0.25) is 0 Å². The van der Waals surface area contributed by atoms with Crippen LogP contribution >= 0.6 is 11.3 Å². The first-order chi connectivity index (χ1) is 12.5. The van der Waals surface area contributed by atoms with Gasteiger partial charge in [-0.15, -0.1) is 0 Å². The molecule has 0 aliphatic carbocycles. The molecule has 0 radical (unpaired) electrons. The zero-order chi connectivity index (χ0) is 18.4. The molecule has 1 aromatic carbocycles. The fourth-order valence-corrected chi connectivity index (χ4v) is 4.04. The number of nitrogens with zero attached hydrogens (tertiary/aromatic N) is 2. The minimum Gasteiger partial charge on any atom is -0.503 e. The number of amides is 1. The van der Waals surface area contributed by atoms with Crippen LogP contribution < -0.4 is 4.90 Å². The Labute approximate surface area is 153 Å². The number of aliphatic hydroxyl groups is 1. The third-order valence-electron chi connectivity index (χ3n) is 4.30. The summed E-state index contributed by atoms with van der Waals surface area (Å²) in [5, 5.41) is 10.9. The Hall–Kier alpha value is -2.93. The zero-order valence-corrected chi connectivity index (χ0v) is 15.0. The SMILES string of the molecule is CC(C)C(=O)C1=C(O)C(=O)N(c2nc3ccccc3s2)C1c1ccco1. The first-order valence-electron chi connectivity index (χ1n) is 8.19. The molecule has 1 N–H and O–H groups in total. The molecule has 1 aliphatic heterocycles. The molecule has 0 bridgehead atoms. The standard InChI is InChI=1S/C19H16N2O4S/c1-10(2)16(22)14-15(12-7-5-9-25-12)21(18(24)17(14)23)19-20-11-6-3-4-8-13(11)26-19/h3-10,15,23H,1-2H3. The minimum absolute atomic E-state index is 0.0548. The van der Waals surface area contributed by atoms with Crippen molar-refractivity contribution in [3.05, 3.63) is 59.8 Å². The van der Waals surface area contributed by atoms with Crippen LogP contribution in [0, 0.1) is 5.92 Å². The first kappa shape index (κ1) is 16.5. The highest BCUT2D eigenvalue weighted by Crippen LogP contribution is 2.44. The predicted molar refractivity (Wildman–Crippen MR) is 98.1 cm³/mol. The van der Waals surface area contributed by atoms with Crippen LogP contribution in [0.1, 0.15) is 25.6 Å². The monoisotopic (exact) mass is 368 g/mol. The van der Waals surface area contributed by atoms with Crippen molar-refractivity contribution in [1.82, 2.24) is 4.98 Å². The fourth-order valence-electron chi connectivity index (χ4n) is 3.04. The van der Waals surface area contributed by atoms with Crippen LogP contribution in [-0.4, -0.2) is 21.8 Å². The number of aliphatic hydroxyl groups excluding tert-OH is 1. The Kier molecular flexibility index (Phi) is 3.88. The number of benzene rings is 1. The van der Waals surface area contributed by atoms with Gasteiger partial charge in [-0.1, -0.05) is 37.3 Å². The van der Waals surface area contributed by atoms with Gasteiger partial charge in [-0.2, -0.15) is 0 Å². The van der Waals surface area contributed by atoms with Crippen LogP contribution in [-0.2, 0) is 9.59 Å². The molecule has 2 aromatic heterocycles. The van der Waals surface area contributed by atoms with E-state index in [1.807, 2.05) is 24.3 Å². The molecule has 0 saturated carbocycles. The van der Waals surface area contributed by atoms with E-state index in [-0.39, 0.29) is 17.3 Å². The van der Waals surface area contributed by atoms with E-state index in [0.29, 0.717) is 10.9 Å². The molecule has 7 heteroatoms. The summed E-state index contributed by atoms with van der Waals surface area (Å²) in [4.78, 5) is 31.4. The number of furan rings is 1. The quantitative estimate of drug-likeness (QED) is 0.752. The van der Waals surface area contributed by atoms with Crippen LogP contribution in [0.4, 0.5) is 5.13 Å². The molecule has 26 heavy (non-hydrogen) atoms. The second kappa shape index (κ2) is 6.10. The highest BCUT2D eigenvalue weighted by Gasteiger charge is 2.47. The summed E-state index contributed by atoms with van der Waals surface area (Å²) in [6.45, 7) is 3.46. The number of thiazole rings is 1. The van der Waals surface area contributed by atoms with E-state index in [1.54, 1.807) is 26.0 Å². The molecule has 1 aliphatic rings. The van der Waals surface area contributed by atoms with Gasteiger partial charge in [0.1, 0.15) is 11.8 Å². The molecule has 1 atom stereocenters. The third kappa shape index (κ3) is 2.43. The topological polar surface area (TPSA) is 83.6 Å². The smallest absolute Gasteiger partial charge is 0.296 e. The maximum atomic E-state index is 12.8. The molecule has 6 nitrogen and oxygen atoms in total. The lowest BCUT2D eigenvalue weighted by molar-refractivity contribution is -0.119. The van der Waals surface area contributed by atoms with Gasteiger partial charge in [0, 0.05) is 5.92 Å². The summed E-state index contributed by atoms with van der Waals surface area (Å²) in [5.74, 6) is -1.43.